The molecule has 3 heteroatoms. The number of aryl methyl sites for hydroxylation is 1. The molecule has 0 heterocycles. The Morgan fingerprint density at radius 1 is 1.35 bits per heavy atom. The van der Waals surface area contributed by atoms with Gasteiger partial charge < -0.3 is 11.1 Å². The van der Waals surface area contributed by atoms with Gasteiger partial charge in [0.1, 0.15) is 0 Å². The Labute approximate surface area is 121 Å². The molecule has 0 aliphatic rings. The van der Waals surface area contributed by atoms with Gasteiger partial charge in [-0.2, -0.15) is 0 Å². The maximum Gasteiger partial charge on any atom is 0.251 e. The number of nitrogens with one attached hydrogen (secondary N) is 1. The molecule has 0 aliphatic carbocycles. The van der Waals surface area contributed by atoms with Gasteiger partial charge in [-0.15, -0.1) is 0 Å². The molecule has 20 heavy (non-hydrogen) atoms. The van der Waals surface area contributed by atoms with E-state index < -0.39 is 0 Å². The molecule has 0 saturated carbocycles. The minimum atomic E-state index is -0.0340. The Morgan fingerprint density at radius 2 is 2.10 bits per heavy atom. The number of nitrogens with two attached hydrogens (primary N) is 1. The summed E-state index contributed by atoms with van der Waals surface area (Å²) in [5.41, 5.74) is 7.89. The minimum Gasteiger partial charge on any atom is -0.352 e. The molecule has 1 amide bonds. The van der Waals surface area contributed by atoms with E-state index in [1.807, 2.05) is 25.1 Å². The highest BCUT2D eigenvalue weighted by Gasteiger charge is 2.06. The van der Waals surface area contributed by atoms with Crippen LogP contribution >= 0.6 is 0 Å². The Morgan fingerprint density at radius 3 is 2.75 bits per heavy atom. The van der Waals surface area contributed by atoms with Crippen LogP contribution in [0.4, 0.5) is 0 Å². The molecule has 0 unspecified atom stereocenters. The Kier molecular flexibility index (Phi) is 6.83. The number of carbonyl (C=O) groups is 1. The van der Waals surface area contributed by atoms with Crippen LogP contribution in [0.5, 0.6) is 0 Å². The quantitative estimate of drug-likeness (QED) is 0.639. The fourth-order valence-corrected chi connectivity index (χ4v) is 1.95. The molecular formula is C17H24N2O. The van der Waals surface area contributed by atoms with E-state index in [0.717, 1.165) is 30.5 Å². The van der Waals surface area contributed by atoms with E-state index in [0.29, 0.717) is 18.0 Å². The molecule has 0 spiro atoms. The summed E-state index contributed by atoms with van der Waals surface area (Å²) in [6, 6.07) is 5.65. The van der Waals surface area contributed by atoms with Gasteiger partial charge in [0.25, 0.3) is 5.91 Å². The summed E-state index contributed by atoms with van der Waals surface area (Å²) in [4.78, 5) is 12.1. The van der Waals surface area contributed by atoms with Crippen molar-refractivity contribution in [3.05, 3.63) is 34.9 Å². The number of benzene rings is 1. The highest BCUT2D eigenvalue weighted by Crippen LogP contribution is 2.09. The molecule has 0 saturated heterocycles. The van der Waals surface area contributed by atoms with Gasteiger partial charge in [0.15, 0.2) is 0 Å². The predicted octanol–water partition coefficient (Wildman–Crippen LogP) is 2.47. The smallest absolute Gasteiger partial charge is 0.251 e. The highest BCUT2D eigenvalue weighted by molar-refractivity contribution is 5.94. The van der Waals surface area contributed by atoms with Crippen molar-refractivity contribution in [2.45, 2.75) is 33.6 Å². The maximum absolute atomic E-state index is 12.1. The van der Waals surface area contributed by atoms with Gasteiger partial charge in [0.05, 0.1) is 6.54 Å². The summed E-state index contributed by atoms with van der Waals surface area (Å²) in [6.45, 7) is 7.37. The normalized spacial score (nSPS) is 10.1. The molecule has 1 aromatic rings. The second-order valence-corrected chi connectivity index (χ2v) is 5.39. The molecule has 0 fully saturated rings. The number of hydrogen-bond donors (Lipinski definition) is 2. The van der Waals surface area contributed by atoms with Gasteiger partial charge in [0, 0.05) is 17.7 Å². The average Bonchev–Trinajstić information content (AvgIpc) is 2.40. The van der Waals surface area contributed by atoms with Gasteiger partial charge >= 0.3 is 0 Å². The Bertz CT molecular complexity index is 509. The summed E-state index contributed by atoms with van der Waals surface area (Å²) in [5, 5.41) is 2.95. The first-order chi connectivity index (χ1) is 9.52. The van der Waals surface area contributed by atoms with Crippen molar-refractivity contribution in [1.29, 1.82) is 0 Å². The molecule has 108 valence electrons. The lowest BCUT2D eigenvalue weighted by Crippen LogP contribution is -2.24. The van der Waals surface area contributed by atoms with Gasteiger partial charge in [-0.25, -0.2) is 0 Å². The first kappa shape index (κ1) is 16.3. The first-order valence-corrected chi connectivity index (χ1v) is 7.11. The van der Waals surface area contributed by atoms with E-state index in [4.69, 9.17) is 5.73 Å². The van der Waals surface area contributed by atoms with Crippen LogP contribution in [-0.4, -0.2) is 19.0 Å². The molecule has 0 bridgehead atoms. The van der Waals surface area contributed by atoms with E-state index in [9.17, 15) is 4.79 Å². The zero-order valence-corrected chi connectivity index (χ0v) is 12.6. The number of amides is 1. The van der Waals surface area contributed by atoms with Gasteiger partial charge in [0.2, 0.25) is 0 Å². The zero-order valence-electron chi connectivity index (χ0n) is 12.6. The van der Waals surface area contributed by atoms with Crippen molar-refractivity contribution in [3.63, 3.8) is 0 Å². The molecule has 0 aliphatic heterocycles. The van der Waals surface area contributed by atoms with Crippen molar-refractivity contribution in [2.24, 2.45) is 11.7 Å². The van der Waals surface area contributed by atoms with Gasteiger partial charge in [-0.3, -0.25) is 4.79 Å². The summed E-state index contributed by atoms with van der Waals surface area (Å²) in [6.07, 6.45) is 2.14. The second kappa shape index (κ2) is 8.39. The fourth-order valence-electron chi connectivity index (χ4n) is 1.95. The van der Waals surface area contributed by atoms with Crippen LogP contribution in [0.15, 0.2) is 18.2 Å². The third kappa shape index (κ3) is 5.90. The topological polar surface area (TPSA) is 55.1 Å². The Hall–Kier alpha value is -1.79. The van der Waals surface area contributed by atoms with Crippen molar-refractivity contribution >= 4 is 5.91 Å². The van der Waals surface area contributed by atoms with E-state index in [2.05, 4.69) is 31.0 Å². The molecule has 1 aromatic carbocycles. The van der Waals surface area contributed by atoms with Crippen LogP contribution in [-0.2, 0) is 0 Å². The van der Waals surface area contributed by atoms with Crippen LogP contribution in [0.1, 0.15) is 48.2 Å². The summed E-state index contributed by atoms with van der Waals surface area (Å²) < 4.78 is 0. The lowest BCUT2D eigenvalue weighted by atomic mass is 10.1. The highest BCUT2D eigenvalue weighted by atomic mass is 16.1. The molecule has 0 radical (unpaired) electrons. The van der Waals surface area contributed by atoms with E-state index >= 15 is 0 Å². The minimum absolute atomic E-state index is 0.0340. The average molecular weight is 272 g/mol. The van der Waals surface area contributed by atoms with E-state index in [1.54, 1.807) is 0 Å². The molecule has 0 aromatic heterocycles. The first-order valence-electron chi connectivity index (χ1n) is 7.11. The van der Waals surface area contributed by atoms with Crippen molar-refractivity contribution < 1.29 is 4.79 Å². The zero-order chi connectivity index (χ0) is 15.0. The van der Waals surface area contributed by atoms with Crippen LogP contribution in [0.3, 0.4) is 0 Å². The third-order valence-electron chi connectivity index (χ3n) is 2.92. The summed E-state index contributed by atoms with van der Waals surface area (Å²) >= 11 is 0. The van der Waals surface area contributed by atoms with E-state index in [1.165, 1.54) is 0 Å². The fraction of sp³-hybridized carbons (Fsp3) is 0.471. The standard InChI is InChI=1S/C17H24N2O/c1-13(2)6-5-9-19-17(20)16-11-14(3)10-15(12-16)7-4-8-18/h10-13H,5-6,8-9,18H2,1-3H3,(H,19,20). The van der Waals surface area contributed by atoms with Gasteiger partial charge in [-0.05, 0) is 49.4 Å². The molecule has 0 atom stereocenters. The SMILES string of the molecule is Cc1cc(C#CCN)cc(C(=O)NCCCC(C)C)c1. The molecule has 3 N–H and O–H groups in total. The summed E-state index contributed by atoms with van der Waals surface area (Å²) in [7, 11) is 0. The lowest BCUT2D eigenvalue weighted by molar-refractivity contribution is 0.0952. The lowest BCUT2D eigenvalue weighted by Gasteiger charge is -2.08. The Balaban J connectivity index is 2.65. The van der Waals surface area contributed by atoms with E-state index in [-0.39, 0.29) is 5.91 Å². The monoisotopic (exact) mass is 272 g/mol. The predicted molar refractivity (Wildman–Crippen MR) is 83.5 cm³/mol. The third-order valence-corrected chi connectivity index (χ3v) is 2.92. The maximum atomic E-state index is 12.1. The van der Waals surface area contributed by atoms with Gasteiger partial charge in [-0.1, -0.05) is 25.7 Å². The molecular weight excluding hydrogens is 248 g/mol. The number of hydrogen-bond acceptors (Lipinski definition) is 2. The number of carbonyl (C=O) groups excluding carboxylic acids is 1. The number of rotatable bonds is 5. The van der Waals surface area contributed by atoms with Crippen LogP contribution in [0, 0.1) is 24.7 Å². The summed E-state index contributed by atoms with van der Waals surface area (Å²) in [5.74, 6) is 6.41. The van der Waals surface area contributed by atoms with Crippen molar-refractivity contribution in [2.75, 3.05) is 13.1 Å². The molecule has 3 nitrogen and oxygen atoms in total. The largest absolute Gasteiger partial charge is 0.352 e. The van der Waals surface area contributed by atoms with Crippen LogP contribution < -0.4 is 11.1 Å². The van der Waals surface area contributed by atoms with Crippen LogP contribution in [0.2, 0.25) is 0 Å². The second-order valence-electron chi connectivity index (χ2n) is 5.39. The molecule has 1 rings (SSSR count). The van der Waals surface area contributed by atoms with Crippen molar-refractivity contribution in [1.82, 2.24) is 5.32 Å². The van der Waals surface area contributed by atoms with Crippen molar-refractivity contribution in [3.8, 4) is 11.8 Å². The van der Waals surface area contributed by atoms with Crippen LogP contribution in [0.25, 0.3) is 0 Å².